The van der Waals surface area contributed by atoms with Crippen LogP contribution in [0.4, 0.5) is 0 Å². The monoisotopic (exact) mass is 385 g/mol. The van der Waals surface area contributed by atoms with Gasteiger partial charge in [-0.25, -0.2) is 4.98 Å². The Hall–Kier alpha value is -1.82. The summed E-state index contributed by atoms with van der Waals surface area (Å²) < 4.78 is 1.68. The number of para-hydroxylation sites is 1. The zero-order valence-electron chi connectivity index (χ0n) is 15.9. The number of hydrogen-bond acceptors (Lipinski definition) is 4. The highest BCUT2D eigenvalue weighted by Crippen LogP contribution is 2.35. The van der Waals surface area contributed by atoms with E-state index in [0.717, 1.165) is 19.4 Å². The topological polar surface area (TPSA) is 55.2 Å². The average molecular weight is 386 g/mol. The van der Waals surface area contributed by atoms with Crippen LogP contribution in [0.25, 0.3) is 10.9 Å². The Kier molecular flexibility index (Phi) is 5.53. The van der Waals surface area contributed by atoms with Crippen molar-refractivity contribution in [3.8, 4) is 0 Å². The van der Waals surface area contributed by atoms with Crippen molar-refractivity contribution in [1.82, 2.24) is 14.5 Å². The van der Waals surface area contributed by atoms with Gasteiger partial charge in [-0.05, 0) is 50.7 Å². The van der Waals surface area contributed by atoms with Crippen LogP contribution in [0.1, 0.15) is 45.4 Å². The van der Waals surface area contributed by atoms with Crippen molar-refractivity contribution in [2.24, 2.45) is 5.92 Å². The summed E-state index contributed by atoms with van der Waals surface area (Å²) in [5, 5.41) is 1.28. The molecule has 4 rings (SSSR count). The molecule has 0 unspecified atom stereocenters. The van der Waals surface area contributed by atoms with Crippen molar-refractivity contribution >= 4 is 28.6 Å². The number of amides is 1. The number of aromatic nitrogens is 2. The van der Waals surface area contributed by atoms with Gasteiger partial charge in [0.25, 0.3) is 5.56 Å². The van der Waals surface area contributed by atoms with Gasteiger partial charge < -0.3 is 4.90 Å². The van der Waals surface area contributed by atoms with E-state index >= 15 is 0 Å². The second kappa shape index (κ2) is 8.05. The Morgan fingerprint density at radius 1 is 1.19 bits per heavy atom. The molecule has 2 heterocycles. The van der Waals surface area contributed by atoms with Gasteiger partial charge in [0.2, 0.25) is 5.91 Å². The number of fused-ring (bicyclic) bond motifs is 2. The molecule has 2 atom stereocenters. The Labute approximate surface area is 164 Å². The van der Waals surface area contributed by atoms with Crippen molar-refractivity contribution in [2.45, 2.75) is 63.2 Å². The van der Waals surface area contributed by atoms with Gasteiger partial charge in [0.1, 0.15) is 0 Å². The Morgan fingerprint density at radius 3 is 2.81 bits per heavy atom. The fourth-order valence-electron chi connectivity index (χ4n) is 4.68. The van der Waals surface area contributed by atoms with E-state index in [-0.39, 0.29) is 11.5 Å². The summed E-state index contributed by atoms with van der Waals surface area (Å²) in [6.45, 7) is 3.38. The fourth-order valence-corrected chi connectivity index (χ4v) is 5.63. The lowest BCUT2D eigenvalue weighted by molar-refractivity contribution is -0.134. The molecule has 0 N–H and O–H groups in total. The Morgan fingerprint density at radius 2 is 1.96 bits per heavy atom. The number of thioether (sulfide) groups is 1. The quantitative estimate of drug-likeness (QED) is 0.595. The molecule has 2 fully saturated rings. The van der Waals surface area contributed by atoms with Gasteiger partial charge in [-0.1, -0.05) is 36.7 Å². The van der Waals surface area contributed by atoms with Gasteiger partial charge >= 0.3 is 0 Å². The normalized spacial score (nSPS) is 22.6. The highest BCUT2D eigenvalue weighted by atomic mass is 32.2. The first-order chi connectivity index (χ1) is 13.2. The van der Waals surface area contributed by atoms with E-state index in [0.29, 0.717) is 40.3 Å². The minimum Gasteiger partial charge on any atom is -0.339 e. The summed E-state index contributed by atoms with van der Waals surface area (Å²) in [7, 11) is 0. The second-order valence-corrected chi connectivity index (χ2v) is 8.53. The smallest absolute Gasteiger partial charge is 0.262 e. The summed E-state index contributed by atoms with van der Waals surface area (Å²) >= 11 is 1.40. The second-order valence-electron chi connectivity index (χ2n) is 7.59. The van der Waals surface area contributed by atoms with Crippen LogP contribution in [-0.4, -0.2) is 38.7 Å². The predicted molar refractivity (Wildman–Crippen MR) is 109 cm³/mol. The third-order valence-electron chi connectivity index (χ3n) is 6.03. The van der Waals surface area contributed by atoms with Crippen molar-refractivity contribution in [3.63, 3.8) is 0 Å². The number of carbonyl (C=O) groups excluding carboxylic acids is 1. The molecule has 2 aliphatic rings. The van der Waals surface area contributed by atoms with Crippen molar-refractivity contribution < 1.29 is 4.79 Å². The summed E-state index contributed by atoms with van der Waals surface area (Å²) in [5.41, 5.74) is 0.677. The van der Waals surface area contributed by atoms with Crippen LogP contribution in [0.15, 0.2) is 34.2 Å². The van der Waals surface area contributed by atoms with Crippen LogP contribution in [0.2, 0.25) is 0 Å². The molecule has 2 aromatic rings. The SMILES string of the molecule is CCn1c(SCC(=O)N2CCC[C@@H]3CCCC[C@@H]32)nc2ccccc2c1=O. The maximum atomic E-state index is 13.0. The maximum absolute atomic E-state index is 13.0. The van der Waals surface area contributed by atoms with E-state index in [1.807, 2.05) is 31.2 Å². The molecule has 0 spiro atoms. The molecule has 6 heteroatoms. The fraction of sp³-hybridized carbons (Fsp3) is 0.571. The molecule has 1 saturated carbocycles. The van der Waals surface area contributed by atoms with Gasteiger partial charge in [-0.2, -0.15) is 0 Å². The van der Waals surface area contributed by atoms with Crippen LogP contribution >= 0.6 is 11.8 Å². The summed E-state index contributed by atoms with van der Waals surface area (Å²) in [5.74, 6) is 1.24. The zero-order chi connectivity index (χ0) is 18.8. The van der Waals surface area contributed by atoms with E-state index < -0.39 is 0 Å². The van der Waals surface area contributed by atoms with Gasteiger partial charge in [-0.3, -0.25) is 14.2 Å². The molecular weight excluding hydrogens is 358 g/mol. The summed E-state index contributed by atoms with van der Waals surface area (Å²) in [4.78, 5) is 32.5. The van der Waals surface area contributed by atoms with Gasteiger partial charge in [0, 0.05) is 19.1 Å². The highest BCUT2D eigenvalue weighted by Gasteiger charge is 2.35. The lowest BCUT2D eigenvalue weighted by Gasteiger charge is -2.44. The number of likely N-dealkylation sites (tertiary alicyclic amines) is 1. The average Bonchev–Trinajstić information content (AvgIpc) is 2.71. The number of piperidine rings is 1. The predicted octanol–water partition coefficient (Wildman–Crippen LogP) is 3.69. The molecule has 1 aliphatic carbocycles. The van der Waals surface area contributed by atoms with Gasteiger partial charge in [0.15, 0.2) is 5.16 Å². The molecule has 1 amide bonds. The molecular formula is C21H27N3O2S. The largest absolute Gasteiger partial charge is 0.339 e. The van der Waals surface area contributed by atoms with Crippen LogP contribution in [0.5, 0.6) is 0 Å². The lowest BCUT2D eigenvalue weighted by Crippen LogP contribution is -2.50. The molecule has 0 radical (unpaired) electrons. The first-order valence-electron chi connectivity index (χ1n) is 10.1. The molecule has 1 aliphatic heterocycles. The third-order valence-corrected chi connectivity index (χ3v) is 6.99. The first kappa shape index (κ1) is 18.5. The number of benzene rings is 1. The zero-order valence-corrected chi connectivity index (χ0v) is 16.7. The van der Waals surface area contributed by atoms with Crippen LogP contribution in [-0.2, 0) is 11.3 Å². The number of hydrogen-bond donors (Lipinski definition) is 0. The molecule has 1 aromatic carbocycles. The molecule has 5 nitrogen and oxygen atoms in total. The molecule has 0 bridgehead atoms. The van der Waals surface area contributed by atoms with E-state index in [1.165, 1.54) is 37.4 Å². The van der Waals surface area contributed by atoms with Gasteiger partial charge in [0.05, 0.1) is 16.7 Å². The minimum absolute atomic E-state index is 0.0247. The first-order valence-corrected chi connectivity index (χ1v) is 11.1. The van der Waals surface area contributed by atoms with Crippen molar-refractivity contribution in [2.75, 3.05) is 12.3 Å². The maximum Gasteiger partial charge on any atom is 0.262 e. The lowest BCUT2D eigenvalue weighted by atomic mass is 9.78. The van der Waals surface area contributed by atoms with Gasteiger partial charge in [-0.15, -0.1) is 0 Å². The van der Waals surface area contributed by atoms with Crippen molar-refractivity contribution in [3.05, 3.63) is 34.6 Å². The minimum atomic E-state index is -0.0247. The molecule has 1 saturated heterocycles. The van der Waals surface area contributed by atoms with E-state index in [9.17, 15) is 9.59 Å². The third kappa shape index (κ3) is 3.64. The molecule has 144 valence electrons. The Bertz CT molecular complexity index is 893. The number of carbonyl (C=O) groups is 1. The Balaban J connectivity index is 1.52. The summed E-state index contributed by atoms with van der Waals surface area (Å²) in [6.07, 6.45) is 7.34. The number of nitrogens with zero attached hydrogens (tertiary/aromatic N) is 3. The molecule has 27 heavy (non-hydrogen) atoms. The standard InChI is InChI=1S/C21H27N3O2S/c1-2-23-20(26)16-10-4-5-11-17(16)22-21(23)27-14-19(25)24-13-7-9-15-8-3-6-12-18(15)24/h4-5,10-11,15,18H,2-3,6-9,12-14H2,1H3/t15-,18-/m0/s1. The highest BCUT2D eigenvalue weighted by molar-refractivity contribution is 7.99. The summed E-state index contributed by atoms with van der Waals surface area (Å²) in [6, 6.07) is 7.85. The van der Waals surface area contributed by atoms with Crippen LogP contribution in [0.3, 0.4) is 0 Å². The van der Waals surface area contributed by atoms with E-state index in [1.54, 1.807) is 4.57 Å². The molecule has 1 aromatic heterocycles. The van der Waals surface area contributed by atoms with E-state index in [4.69, 9.17) is 0 Å². The van der Waals surface area contributed by atoms with E-state index in [2.05, 4.69) is 9.88 Å². The van der Waals surface area contributed by atoms with Crippen molar-refractivity contribution in [1.29, 1.82) is 0 Å². The number of rotatable bonds is 4. The van der Waals surface area contributed by atoms with Crippen LogP contribution < -0.4 is 5.56 Å². The van der Waals surface area contributed by atoms with Crippen LogP contribution in [0, 0.1) is 5.92 Å².